The van der Waals surface area contributed by atoms with Crippen molar-refractivity contribution in [2.24, 2.45) is 0 Å². The van der Waals surface area contributed by atoms with Crippen LogP contribution in [0, 0.1) is 23.0 Å². The smallest absolute Gasteiger partial charge is 0.189 e. The molecule has 0 bridgehead atoms. The fourth-order valence-corrected chi connectivity index (χ4v) is 4.81. The van der Waals surface area contributed by atoms with Crippen LogP contribution >= 0.6 is 0 Å². The Bertz CT molecular complexity index is 1210. The molecular formula is C28H36F2N6O2. The molecule has 1 saturated heterocycles. The molecule has 2 heterocycles. The van der Waals surface area contributed by atoms with E-state index in [9.17, 15) is 5.26 Å². The van der Waals surface area contributed by atoms with Gasteiger partial charge in [-0.15, -0.1) is 0 Å². The predicted molar refractivity (Wildman–Crippen MR) is 144 cm³/mol. The lowest BCUT2D eigenvalue weighted by atomic mass is 9.71. The van der Waals surface area contributed by atoms with Gasteiger partial charge in [-0.05, 0) is 71.7 Å². The Balaban J connectivity index is 1.57. The third kappa shape index (κ3) is 6.10. The molecule has 1 aliphatic carbocycles. The Hall–Kier alpha value is -3.58. The van der Waals surface area contributed by atoms with Crippen LogP contribution in [0.2, 0.25) is 0 Å². The van der Waals surface area contributed by atoms with E-state index >= 15 is 8.78 Å². The third-order valence-corrected chi connectivity index (χ3v) is 6.94. The molecule has 3 N–H and O–H groups in total. The molecule has 2 aliphatic rings. The second kappa shape index (κ2) is 11.0. The van der Waals surface area contributed by atoms with Gasteiger partial charge in [0.25, 0.3) is 0 Å². The van der Waals surface area contributed by atoms with Gasteiger partial charge in [0.05, 0.1) is 41.4 Å². The number of hydrogen-bond donors (Lipinski definition) is 3. The topological polar surface area (TPSA) is 94.5 Å². The number of ether oxygens (including phenoxy) is 2. The predicted octanol–water partition coefficient (Wildman–Crippen LogP) is 5.41. The molecule has 2 fully saturated rings. The fraction of sp³-hybridized carbons (Fsp3) is 0.500. The Morgan fingerprint density at radius 2 is 1.92 bits per heavy atom. The fourth-order valence-electron chi connectivity index (χ4n) is 4.81. The monoisotopic (exact) mass is 526 g/mol. The molecule has 38 heavy (non-hydrogen) atoms. The van der Waals surface area contributed by atoms with E-state index in [2.05, 4.69) is 27.5 Å². The standard InChI is InChI=1S/C28H36F2N6O2/c1-18(33-19(2)38-27(3,4)5)28(8-6-9-28)35-24-16-23(20(17-31)15-21(24)29)34-22-7-10-32-26(25(22)30)36-11-13-37-14-12-36/h7,10,15-16,18,33,35H,2,6,8-9,11-14H2,1,3-5H3,(H,32,34)/t18-/m0/s1. The first-order valence-corrected chi connectivity index (χ1v) is 12.9. The number of halogens is 2. The van der Waals surface area contributed by atoms with Gasteiger partial charge in [-0.25, -0.2) is 13.8 Å². The van der Waals surface area contributed by atoms with Crippen LogP contribution in [-0.2, 0) is 9.47 Å². The number of nitrogens with one attached hydrogen (secondary N) is 3. The minimum Gasteiger partial charge on any atom is -0.474 e. The van der Waals surface area contributed by atoms with Crippen molar-refractivity contribution in [2.75, 3.05) is 41.8 Å². The number of morpholine rings is 1. The SMILES string of the molecule is C=C(N[C@@H](C)C1(Nc2cc(Nc3ccnc(N4CCOCC4)c3F)c(C#N)cc2F)CCC1)OC(C)(C)C. The van der Waals surface area contributed by atoms with Crippen LogP contribution in [0.5, 0.6) is 0 Å². The van der Waals surface area contributed by atoms with Gasteiger partial charge in [0, 0.05) is 25.3 Å². The molecule has 10 heteroatoms. The van der Waals surface area contributed by atoms with Crippen LogP contribution in [0.25, 0.3) is 0 Å². The Labute approximate surface area is 223 Å². The van der Waals surface area contributed by atoms with Gasteiger partial charge in [0.1, 0.15) is 17.5 Å². The lowest BCUT2D eigenvalue weighted by Crippen LogP contribution is -2.59. The molecule has 1 atom stereocenters. The number of nitrogens with zero attached hydrogens (tertiary/aromatic N) is 3. The van der Waals surface area contributed by atoms with Gasteiger partial charge in [-0.1, -0.05) is 0 Å². The molecule has 1 aromatic heterocycles. The summed E-state index contributed by atoms with van der Waals surface area (Å²) in [6.45, 7) is 13.9. The summed E-state index contributed by atoms with van der Waals surface area (Å²) in [5.74, 6) is -0.435. The average molecular weight is 527 g/mol. The average Bonchev–Trinajstić information content (AvgIpc) is 2.83. The summed E-state index contributed by atoms with van der Waals surface area (Å²) in [6.07, 6.45) is 4.12. The molecule has 0 amide bonds. The second-order valence-electron chi connectivity index (χ2n) is 10.8. The largest absolute Gasteiger partial charge is 0.474 e. The Morgan fingerprint density at radius 3 is 2.53 bits per heavy atom. The summed E-state index contributed by atoms with van der Waals surface area (Å²) in [5.41, 5.74) is -0.0946. The van der Waals surface area contributed by atoms with Crippen molar-refractivity contribution in [3.05, 3.63) is 54.1 Å². The first-order valence-electron chi connectivity index (χ1n) is 12.9. The van der Waals surface area contributed by atoms with E-state index in [-0.39, 0.29) is 28.8 Å². The zero-order valence-corrected chi connectivity index (χ0v) is 22.5. The first kappa shape index (κ1) is 27.5. The number of pyridine rings is 1. The van der Waals surface area contributed by atoms with Crippen molar-refractivity contribution in [2.45, 2.75) is 64.1 Å². The molecule has 0 spiro atoms. The number of aromatic nitrogens is 1. The third-order valence-electron chi connectivity index (χ3n) is 6.94. The van der Waals surface area contributed by atoms with Crippen LogP contribution in [-0.4, -0.2) is 48.5 Å². The zero-order chi connectivity index (χ0) is 27.5. The summed E-state index contributed by atoms with van der Waals surface area (Å²) < 4.78 is 41.8. The highest BCUT2D eigenvalue weighted by atomic mass is 19.1. The van der Waals surface area contributed by atoms with E-state index in [4.69, 9.17) is 9.47 Å². The van der Waals surface area contributed by atoms with Crippen LogP contribution < -0.4 is 20.9 Å². The molecular weight excluding hydrogens is 490 g/mol. The van der Waals surface area contributed by atoms with Crippen LogP contribution in [0.1, 0.15) is 52.5 Å². The maximum atomic E-state index is 15.4. The number of anilines is 4. The first-order chi connectivity index (χ1) is 18.0. The molecule has 0 radical (unpaired) electrons. The van der Waals surface area contributed by atoms with Crippen molar-refractivity contribution in [3.8, 4) is 6.07 Å². The molecule has 0 unspecified atom stereocenters. The highest BCUT2D eigenvalue weighted by molar-refractivity contribution is 5.73. The quantitative estimate of drug-likeness (QED) is 0.374. The molecule has 1 saturated carbocycles. The maximum absolute atomic E-state index is 15.4. The minimum atomic E-state index is -0.556. The Morgan fingerprint density at radius 1 is 1.21 bits per heavy atom. The molecule has 1 aliphatic heterocycles. The van der Waals surface area contributed by atoms with Crippen LogP contribution in [0.15, 0.2) is 36.9 Å². The van der Waals surface area contributed by atoms with E-state index in [1.165, 1.54) is 24.4 Å². The molecule has 204 valence electrons. The highest BCUT2D eigenvalue weighted by Crippen LogP contribution is 2.40. The number of benzene rings is 1. The van der Waals surface area contributed by atoms with E-state index in [1.807, 2.05) is 38.7 Å². The van der Waals surface area contributed by atoms with Gasteiger partial charge in [-0.2, -0.15) is 5.26 Å². The van der Waals surface area contributed by atoms with Gasteiger partial charge in [0.15, 0.2) is 17.5 Å². The van der Waals surface area contributed by atoms with Crippen molar-refractivity contribution < 1.29 is 18.3 Å². The molecule has 8 nitrogen and oxygen atoms in total. The lowest BCUT2D eigenvalue weighted by Gasteiger charge is -2.48. The van der Waals surface area contributed by atoms with Crippen molar-refractivity contribution >= 4 is 22.9 Å². The van der Waals surface area contributed by atoms with Gasteiger partial charge < -0.3 is 30.3 Å². The Kier molecular flexibility index (Phi) is 7.97. The number of rotatable bonds is 9. The summed E-state index contributed by atoms with van der Waals surface area (Å²) in [5, 5.41) is 19.3. The second-order valence-corrected chi connectivity index (χ2v) is 10.8. The van der Waals surface area contributed by atoms with Gasteiger partial charge in [0.2, 0.25) is 0 Å². The maximum Gasteiger partial charge on any atom is 0.189 e. The van der Waals surface area contributed by atoms with E-state index < -0.39 is 22.8 Å². The van der Waals surface area contributed by atoms with E-state index in [0.29, 0.717) is 37.9 Å². The van der Waals surface area contributed by atoms with E-state index in [1.54, 1.807) is 0 Å². The zero-order valence-electron chi connectivity index (χ0n) is 22.5. The summed E-state index contributed by atoms with van der Waals surface area (Å²) >= 11 is 0. The van der Waals surface area contributed by atoms with Gasteiger partial charge >= 0.3 is 0 Å². The highest BCUT2D eigenvalue weighted by Gasteiger charge is 2.43. The van der Waals surface area contributed by atoms with Crippen molar-refractivity contribution in [1.82, 2.24) is 10.3 Å². The van der Waals surface area contributed by atoms with Gasteiger partial charge in [-0.3, -0.25) is 0 Å². The lowest BCUT2D eigenvalue weighted by molar-refractivity contribution is 0.0336. The normalized spacial score (nSPS) is 17.6. The van der Waals surface area contributed by atoms with Crippen molar-refractivity contribution in [1.29, 1.82) is 5.26 Å². The molecule has 4 rings (SSSR count). The van der Waals surface area contributed by atoms with Crippen LogP contribution in [0.4, 0.5) is 31.7 Å². The number of nitriles is 1. The molecule has 2 aromatic rings. The summed E-state index contributed by atoms with van der Waals surface area (Å²) in [4.78, 5) is 6.02. The molecule has 1 aromatic carbocycles. The van der Waals surface area contributed by atoms with Crippen molar-refractivity contribution in [3.63, 3.8) is 0 Å². The summed E-state index contributed by atoms with van der Waals surface area (Å²) in [6, 6.07) is 6.07. The van der Waals surface area contributed by atoms with E-state index in [0.717, 1.165) is 19.3 Å². The number of hydrogen-bond acceptors (Lipinski definition) is 8. The minimum absolute atomic E-state index is 0.0676. The van der Waals surface area contributed by atoms with Crippen LogP contribution in [0.3, 0.4) is 0 Å². The summed E-state index contributed by atoms with van der Waals surface area (Å²) in [7, 11) is 0.